The topological polar surface area (TPSA) is 35.5 Å². The van der Waals surface area contributed by atoms with Gasteiger partial charge in [-0.2, -0.15) is 0 Å². The van der Waals surface area contributed by atoms with Gasteiger partial charge in [-0.05, 0) is 40.7 Å². The number of aryl methyl sites for hydroxylation is 1. The fourth-order valence-electron chi connectivity index (χ4n) is 2.28. The van der Waals surface area contributed by atoms with Crippen molar-refractivity contribution < 1.29 is 14.1 Å². The third-order valence-corrected chi connectivity index (χ3v) is 4.40. The van der Waals surface area contributed by atoms with Gasteiger partial charge in [0.05, 0.1) is 17.0 Å². The molecule has 1 saturated heterocycles. The molecule has 2 rings (SSSR count). The molecule has 1 heterocycles. The van der Waals surface area contributed by atoms with E-state index in [0.29, 0.717) is 5.56 Å². The summed E-state index contributed by atoms with van der Waals surface area (Å²) in [5, 5.41) is 0. The number of carbonyl (C=O) groups excluding carboxylic acids is 1. The molecule has 4 heteroatoms. The Morgan fingerprint density at radius 3 is 2.20 bits per heavy atom. The van der Waals surface area contributed by atoms with Crippen LogP contribution in [0.5, 0.6) is 0 Å². The molecule has 1 fully saturated rings. The summed E-state index contributed by atoms with van der Waals surface area (Å²) in [5.74, 6) is -0.259. The summed E-state index contributed by atoms with van der Waals surface area (Å²) in [6.07, 6.45) is 0. The van der Waals surface area contributed by atoms with Gasteiger partial charge in [0.15, 0.2) is 5.78 Å². The number of ketones is 1. The second-order valence-electron chi connectivity index (χ2n) is 6.65. The van der Waals surface area contributed by atoms with E-state index in [1.165, 1.54) is 0 Å². The third kappa shape index (κ3) is 2.67. The number of hydrogen-bond donors (Lipinski definition) is 0. The van der Waals surface area contributed by atoms with Crippen molar-refractivity contribution in [3.63, 3.8) is 0 Å². The first-order valence-corrected chi connectivity index (χ1v) is 7.10. The van der Waals surface area contributed by atoms with Crippen molar-refractivity contribution in [2.24, 2.45) is 0 Å². The molecule has 20 heavy (non-hydrogen) atoms. The number of rotatable bonds is 3. The third-order valence-electron chi connectivity index (χ3n) is 4.40. The van der Waals surface area contributed by atoms with E-state index in [-0.39, 0.29) is 11.6 Å². The highest BCUT2D eigenvalue weighted by Gasteiger charge is 2.54. The average Bonchev–Trinajstić information content (AvgIpc) is 2.56. The summed E-state index contributed by atoms with van der Waals surface area (Å²) < 4.78 is 11.9. The summed E-state index contributed by atoms with van der Waals surface area (Å²) in [7, 11) is -0.493. The first-order valence-electron chi connectivity index (χ1n) is 7.10. The molecule has 0 spiro atoms. The van der Waals surface area contributed by atoms with Gasteiger partial charge >= 0.3 is 7.12 Å². The van der Waals surface area contributed by atoms with E-state index >= 15 is 0 Å². The highest BCUT2D eigenvalue weighted by atomic mass is 16.7. The van der Waals surface area contributed by atoms with E-state index in [4.69, 9.17) is 9.31 Å². The van der Waals surface area contributed by atoms with Crippen molar-refractivity contribution >= 4 is 12.9 Å². The van der Waals surface area contributed by atoms with E-state index in [0.717, 1.165) is 5.56 Å². The van der Waals surface area contributed by atoms with Gasteiger partial charge in [0.2, 0.25) is 0 Å². The molecule has 0 N–H and O–H groups in total. The Balaban J connectivity index is 2.17. The van der Waals surface area contributed by atoms with Gasteiger partial charge in [-0.15, -0.1) is 0 Å². The second kappa shape index (κ2) is 5.01. The maximum absolute atomic E-state index is 12.5. The zero-order chi connectivity index (χ0) is 15.1. The number of carbonyl (C=O) groups is 1. The van der Waals surface area contributed by atoms with Crippen molar-refractivity contribution in [3.8, 4) is 0 Å². The van der Waals surface area contributed by atoms with E-state index in [1.54, 1.807) is 0 Å². The Morgan fingerprint density at radius 1 is 1.15 bits per heavy atom. The van der Waals surface area contributed by atoms with Gasteiger partial charge in [0, 0.05) is 5.56 Å². The predicted molar refractivity (Wildman–Crippen MR) is 81.0 cm³/mol. The summed E-state index contributed by atoms with van der Waals surface area (Å²) >= 11 is 0. The number of hydrogen-bond acceptors (Lipinski definition) is 3. The van der Waals surface area contributed by atoms with Crippen LogP contribution in [0.25, 0.3) is 0 Å². The van der Waals surface area contributed by atoms with Crippen molar-refractivity contribution in [2.75, 3.05) is 0 Å². The highest BCUT2D eigenvalue weighted by Crippen LogP contribution is 2.40. The molecule has 1 aromatic rings. The maximum atomic E-state index is 12.5. The van der Waals surface area contributed by atoms with Crippen LogP contribution in [-0.2, 0) is 9.31 Å². The minimum atomic E-state index is -0.493. The lowest BCUT2D eigenvalue weighted by molar-refractivity contribution is 0.00578. The number of benzene rings is 1. The molecule has 1 aromatic carbocycles. The van der Waals surface area contributed by atoms with E-state index in [2.05, 4.69) is 0 Å². The largest absolute Gasteiger partial charge is 0.469 e. The Bertz CT molecular complexity index is 506. The van der Waals surface area contributed by atoms with Gasteiger partial charge in [0.25, 0.3) is 0 Å². The minimum Gasteiger partial charge on any atom is -0.403 e. The van der Waals surface area contributed by atoms with Crippen LogP contribution in [0.3, 0.4) is 0 Å². The SMILES string of the molecule is Cc1cccc(C(=O)[C@H](C)B2OC(C)(C)C(C)(C)O2)c1. The van der Waals surface area contributed by atoms with Gasteiger partial charge in [0.1, 0.15) is 0 Å². The van der Waals surface area contributed by atoms with E-state index in [1.807, 2.05) is 65.8 Å². The molecule has 0 amide bonds. The van der Waals surface area contributed by atoms with Crippen molar-refractivity contribution in [3.05, 3.63) is 35.4 Å². The summed E-state index contributed by atoms with van der Waals surface area (Å²) in [4.78, 5) is 12.5. The van der Waals surface area contributed by atoms with Crippen molar-refractivity contribution in [1.82, 2.24) is 0 Å². The zero-order valence-corrected chi connectivity index (χ0v) is 13.2. The van der Waals surface area contributed by atoms with Crippen LogP contribution in [-0.4, -0.2) is 24.1 Å². The molecule has 0 radical (unpaired) electrons. The molecule has 1 aliphatic rings. The van der Waals surface area contributed by atoms with Crippen molar-refractivity contribution in [2.45, 2.75) is 58.6 Å². The van der Waals surface area contributed by atoms with Crippen molar-refractivity contribution in [1.29, 1.82) is 0 Å². The zero-order valence-electron chi connectivity index (χ0n) is 13.2. The Labute approximate surface area is 121 Å². The van der Waals surface area contributed by atoms with Gasteiger partial charge in [-0.3, -0.25) is 4.79 Å². The lowest BCUT2D eigenvalue weighted by Crippen LogP contribution is -2.41. The van der Waals surface area contributed by atoms with E-state index < -0.39 is 18.3 Å². The lowest BCUT2D eigenvalue weighted by Gasteiger charge is -2.32. The molecule has 0 aliphatic carbocycles. The Kier molecular flexibility index (Phi) is 3.82. The molecule has 1 aliphatic heterocycles. The standard InChI is InChI=1S/C16H23BO3/c1-11-8-7-9-13(10-11)14(18)12(2)17-19-15(3,4)16(5,6)20-17/h7-10,12H,1-6H3/t12-/m0/s1. The molecule has 0 saturated carbocycles. The Morgan fingerprint density at radius 2 is 1.70 bits per heavy atom. The predicted octanol–water partition coefficient (Wildman–Crippen LogP) is 3.66. The quantitative estimate of drug-likeness (QED) is 0.623. The molecule has 0 aromatic heterocycles. The smallest absolute Gasteiger partial charge is 0.403 e. The first kappa shape index (κ1) is 15.3. The normalized spacial score (nSPS) is 21.8. The Hall–Kier alpha value is -1.13. The highest BCUT2D eigenvalue weighted by molar-refractivity contribution is 6.53. The summed E-state index contributed by atoms with van der Waals surface area (Å²) in [5.41, 5.74) is 0.988. The molecule has 3 nitrogen and oxygen atoms in total. The second-order valence-corrected chi connectivity index (χ2v) is 6.65. The molecular weight excluding hydrogens is 251 g/mol. The summed E-state index contributed by atoms with van der Waals surface area (Å²) in [6, 6.07) is 7.64. The summed E-state index contributed by atoms with van der Waals surface area (Å²) in [6.45, 7) is 11.8. The minimum absolute atomic E-state index is 0.0622. The molecular formula is C16H23BO3. The van der Waals surface area contributed by atoms with Crippen LogP contribution in [0, 0.1) is 6.92 Å². The van der Waals surface area contributed by atoms with Gasteiger partial charge < -0.3 is 9.31 Å². The van der Waals surface area contributed by atoms with Crippen LogP contribution in [0.15, 0.2) is 24.3 Å². The molecule has 0 bridgehead atoms. The van der Waals surface area contributed by atoms with Crippen LogP contribution < -0.4 is 0 Å². The fraction of sp³-hybridized carbons (Fsp3) is 0.562. The maximum Gasteiger partial charge on any atom is 0.469 e. The monoisotopic (exact) mass is 274 g/mol. The van der Waals surface area contributed by atoms with Crippen LogP contribution in [0.4, 0.5) is 0 Å². The molecule has 1 atom stereocenters. The van der Waals surface area contributed by atoms with Gasteiger partial charge in [-0.25, -0.2) is 0 Å². The fourth-order valence-corrected chi connectivity index (χ4v) is 2.28. The number of Topliss-reactive ketones (excluding diaryl/α,β-unsaturated/α-hetero) is 1. The van der Waals surface area contributed by atoms with Crippen LogP contribution in [0.1, 0.15) is 50.5 Å². The van der Waals surface area contributed by atoms with Gasteiger partial charge in [-0.1, -0.05) is 30.7 Å². The van der Waals surface area contributed by atoms with E-state index in [9.17, 15) is 4.79 Å². The molecule has 108 valence electrons. The average molecular weight is 274 g/mol. The van der Waals surface area contributed by atoms with Crippen LogP contribution >= 0.6 is 0 Å². The molecule has 0 unspecified atom stereocenters. The van der Waals surface area contributed by atoms with Crippen LogP contribution in [0.2, 0.25) is 5.82 Å². The first-order chi connectivity index (χ1) is 9.14. The lowest BCUT2D eigenvalue weighted by atomic mass is 9.69.